The van der Waals surface area contributed by atoms with E-state index >= 15 is 0 Å². The van der Waals surface area contributed by atoms with Crippen LogP contribution in [0.4, 0.5) is 0 Å². The first-order valence-electron chi connectivity index (χ1n) is 9.86. The van der Waals surface area contributed by atoms with E-state index in [9.17, 15) is 4.79 Å². The van der Waals surface area contributed by atoms with E-state index in [2.05, 4.69) is 64.9 Å². The van der Waals surface area contributed by atoms with Crippen LogP contribution in [0.2, 0.25) is 0 Å². The van der Waals surface area contributed by atoms with E-state index in [0.717, 1.165) is 25.9 Å². The van der Waals surface area contributed by atoms with Crippen molar-refractivity contribution in [3.63, 3.8) is 0 Å². The van der Waals surface area contributed by atoms with Crippen molar-refractivity contribution in [2.45, 2.75) is 38.3 Å². The number of nitrogens with zero attached hydrogens (tertiary/aromatic N) is 2. The van der Waals surface area contributed by atoms with Gasteiger partial charge in [0.2, 0.25) is 5.91 Å². The number of fused-ring (bicyclic) bond motifs is 3. The Morgan fingerprint density at radius 3 is 2.63 bits per heavy atom. The van der Waals surface area contributed by atoms with E-state index in [4.69, 9.17) is 0 Å². The fourth-order valence-corrected chi connectivity index (χ4v) is 4.96. The molecule has 3 heterocycles. The molecule has 2 aromatic carbocycles. The van der Waals surface area contributed by atoms with Crippen molar-refractivity contribution in [1.29, 1.82) is 0 Å². The molecule has 3 heteroatoms. The van der Waals surface area contributed by atoms with Crippen LogP contribution in [0.15, 0.2) is 66.7 Å². The Labute approximate surface area is 159 Å². The van der Waals surface area contributed by atoms with Crippen molar-refractivity contribution in [3.05, 3.63) is 83.6 Å². The molecular formula is C24H24N2O. The Balaban J connectivity index is 1.67. The van der Waals surface area contributed by atoms with E-state index < -0.39 is 5.41 Å². The van der Waals surface area contributed by atoms with Crippen LogP contribution in [0.5, 0.6) is 0 Å². The molecule has 0 saturated heterocycles. The van der Waals surface area contributed by atoms with Gasteiger partial charge in [0.25, 0.3) is 0 Å². The minimum atomic E-state index is -0.544. The molecule has 0 bridgehead atoms. The Hall–Kier alpha value is -2.81. The zero-order chi connectivity index (χ0) is 18.4. The second-order valence-electron chi connectivity index (χ2n) is 7.64. The van der Waals surface area contributed by atoms with E-state index in [0.29, 0.717) is 6.54 Å². The van der Waals surface area contributed by atoms with Crippen molar-refractivity contribution in [2.24, 2.45) is 0 Å². The average molecular weight is 356 g/mol. The number of aromatic nitrogens is 1. The Bertz CT molecular complexity index is 1050. The average Bonchev–Trinajstić information content (AvgIpc) is 2.99. The SMILES string of the molecule is CCC12C=CCn3c1c(c1ccccc13)CCN(Cc1ccccc1)C2=O. The molecule has 1 unspecified atom stereocenters. The van der Waals surface area contributed by atoms with Crippen molar-refractivity contribution in [1.82, 2.24) is 9.47 Å². The second-order valence-corrected chi connectivity index (χ2v) is 7.64. The van der Waals surface area contributed by atoms with Gasteiger partial charge in [-0.05, 0) is 30.0 Å². The van der Waals surface area contributed by atoms with Crippen LogP contribution >= 0.6 is 0 Å². The van der Waals surface area contributed by atoms with Crippen LogP contribution in [-0.4, -0.2) is 21.9 Å². The normalized spacial score (nSPS) is 21.4. The quantitative estimate of drug-likeness (QED) is 0.637. The lowest BCUT2D eigenvalue weighted by Gasteiger charge is -2.36. The van der Waals surface area contributed by atoms with Gasteiger partial charge in [0, 0.05) is 36.2 Å². The smallest absolute Gasteiger partial charge is 0.238 e. The summed E-state index contributed by atoms with van der Waals surface area (Å²) in [7, 11) is 0. The maximum Gasteiger partial charge on any atom is 0.238 e. The summed E-state index contributed by atoms with van der Waals surface area (Å²) in [6.45, 7) is 4.44. The molecule has 1 amide bonds. The third kappa shape index (κ3) is 2.31. The van der Waals surface area contributed by atoms with Crippen LogP contribution in [-0.2, 0) is 29.7 Å². The minimum Gasteiger partial charge on any atom is -0.339 e. The number of hydrogen-bond acceptors (Lipinski definition) is 1. The van der Waals surface area contributed by atoms with Crippen LogP contribution in [0, 0.1) is 0 Å². The summed E-state index contributed by atoms with van der Waals surface area (Å²) in [5.74, 6) is 0.243. The maximum atomic E-state index is 13.8. The molecule has 2 aliphatic heterocycles. The Morgan fingerprint density at radius 2 is 1.81 bits per heavy atom. The number of carbonyl (C=O) groups is 1. The van der Waals surface area contributed by atoms with Crippen LogP contribution in [0.3, 0.4) is 0 Å². The number of allylic oxidation sites excluding steroid dienone is 1. The molecule has 0 radical (unpaired) electrons. The van der Waals surface area contributed by atoms with E-state index in [-0.39, 0.29) is 5.91 Å². The first kappa shape index (κ1) is 16.4. The molecule has 5 rings (SSSR count). The molecule has 0 aliphatic carbocycles. The first-order valence-corrected chi connectivity index (χ1v) is 9.86. The number of amides is 1. The van der Waals surface area contributed by atoms with Crippen LogP contribution in [0.25, 0.3) is 10.9 Å². The summed E-state index contributed by atoms with van der Waals surface area (Å²) in [4.78, 5) is 15.9. The van der Waals surface area contributed by atoms with Gasteiger partial charge in [-0.2, -0.15) is 0 Å². The highest BCUT2D eigenvalue weighted by Gasteiger charge is 2.46. The van der Waals surface area contributed by atoms with Gasteiger partial charge < -0.3 is 9.47 Å². The van der Waals surface area contributed by atoms with Crippen molar-refractivity contribution < 1.29 is 4.79 Å². The van der Waals surface area contributed by atoms with Gasteiger partial charge in [-0.25, -0.2) is 0 Å². The van der Waals surface area contributed by atoms with Gasteiger partial charge in [0.05, 0.1) is 0 Å². The third-order valence-corrected chi connectivity index (χ3v) is 6.26. The lowest BCUT2D eigenvalue weighted by atomic mass is 9.77. The molecule has 27 heavy (non-hydrogen) atoms. The number of para-hydroxylation sites is 1. The van der Waals surface area contributed by atoms with Crippen LogP contribution < -0.4 is 0 Å². The van der Waals surface area contributed by atoms with Gasteiger partial charge in [0.15, 0.2) is 0 Å². The summed E-state index contributed by atoms with van der Waals surface area (Å²) >= 11 is 0. The third-order valence-electron chi connectivity index (χ3n) is 6.26. The molecule has 3 nitrogen and oxygen atoms in total. The van der Waals surface area contributed by atoms with Crippen molar-refractivity contribution in [2.75, 3.05) is 6.54 Å². The molecule has 2 aliphatic rings. The number of carbonyl (C=O) groups excluding carboxylic acids is 1. The monoisotopic (exact) mass is 356 g/mol. The van der Waals surface area contributed by atoms with Gasteiger partial charge in [-0.3, -0.25) is 4.79 Å². The highest BCUT2D eigenvalue weighted by Crippen LogP contribution is 2.43. The topological polar surface area (TPSA) is 25.2 Å². The summed E-state index contributed by atoms with van der Waals surface area (Å²) in [5, 5.41) is 1.31. The molecule has 0 spiro atoms. The highest BCUT2D eigenvalue weighted by molar-refractivity contribution is 5.96. The summed E-state index contributed by atoms with van der Waals surface area (Å²) in [6, 6.07) is 18.9. The fourth-order valence-electron chi connectivity index (χ4n) is 4.96. The molecule has 3 aromatic rings. The molecule has 0 N–H and O–H groups in total. The molecular weight excluding hydrogens is 332 g/mol. The lowest BCUT2D eigenvalue weighted by molar-refractivity contribution is -0.136. The lowest BCUT2D eigenvalue weighted by Crippen LogP contribution is -2.46. The van der Waals surface area contributed by atoms with Gasteiger partial charge >= 0.3 is 0 Å². The van der Waals surface area contributed by atoms with Gasteiger partial charge in [0.1, 0.15) is 5.41 Å². The molecule has 0 fully saturated rings. The summed E-state index contributed by atoms with van der Waals surface area (Å²) in [6.07, 6.45) is 6.06. The zero-order valence-corrected chi connectivity index (χ0v) is 15.7. The maximum absolute atomic E-state index is 13.8. The molecule has 136 valence electrons. The first-order chi connectivity index (χ1) is 13.2. The largest absolute Gasteiger partial charge is 0.339 e. The Kier molecular flexibility index (Phi) is 3.71. The minimum absolute atomic E-state index is 0.243. The predicted molar refractivity (Wildman–Crippen MR) is 109 cm³/mol. The van der Waals surface area contributed by atoms with Gasteiger partial charge in [-0.1, -0.05) is 67.6 Å². The summed E-state index contributed by atoms with van der Waals surface area (Å²) < 4.78 is 2.37. The predicted octanol–water partition coefficient (Wildman–Crippen LogP) is 4.44. The van der Waals surface area contributed by atoms with Crippen molar-refractivity contribution >= 4 is 16.8 Å². The zero-order valence-electron chi connectivity index (χ0n) is 15.7. The number of rotatable bonds is 3. The molecule has 1 atom stereocenters. The molecule has 1 aromatic heterocycles. The van der Waals surface area contributed by atoms with E-state index in [1.807, 2.05) is 18.2 Å². The highest BCUT2D eigenvalue weighted by atomic mass is 16.2. The Morgan fingerprint density at radius 1 is 1.04 bits per heavy atom. The van der Waals surface area contributed by atoms with E-state index in [1.54, 1.807) is 0 Å². The van der Waals surface area contributed by atoms with E-state index in [1.165, 1.54) is 27.7 Å². The summed E-state index contributed by atoms with van der Waals surface area (Å²) in [5.41, 5.74) is 4.50. The van der Waals surface area contributed by atoms with Crippen LogP contribution in [0.1, 0.15) is 30.2 Å². The van der Waals surface area contributed by atoms with Crippen molar-refractivity contribution in [3.8, 4) is 0 Å². The van der Waals surface area contributed by atoms with Gasteiger partial charge in [-0.15, -0.1) is 0 Å². The number of benzene rings is 2. The fraction of sp³-hybridized carbons (Fsp3) is 0.292. The molecule has 0 saturated carbocycles. The number of hydrogen-bond donors (Lipinski definition) is 0. The standard InChI is InChI=1S/C24H24N2O/c1-2-24-14-8-15-26-21-12-7-6-11-19(21)20(22(24)26)13-16-25(23(24)27)17-18-9-4-3-5-10-18/h3-12,14H,2,13,15-17H2,1H3. The second kappa shape index (κ2) is 6.12.